The van der Waals surface area contributed by atoms with Crippen LogP contribution in [-0.4, -0.2) is 36.8 Å². The van der Waals surface area contributed by atoms with Gasteiger partial charge in [0.2, 0.25) is 0 Å². The molecule has 27 heavy (non-hydrogen) atoms. The third-order valence-corrected chi connectivity index (χ3v) is 6.47. The molecule has 1 atom stereocenters. The van der Waals surface area contributed by atoms with Crippen molar-refractivity contribution in [3.05, 3.63) is 64.9 Å². The Balaban J connectivity index is 1.50. The van der Waals surface area contributed by atoms with E-state index in [1.165, 1.54) is 0 Å². The Bertz CT molecular complexity index is 971. The first-order valence-corrected chi connectivity index (χ1v) is 10.3. The largest absolute Gasteiger partial charge is 0.497 e. The van der Waals surface area contributed by atoms with Crippen LogP contribution in [0.15, 0.2) is 52.9 Å². The molecule has 0 saturated carbocycles. The molecule has 0 aliphatic carbocycles. The highest BCUT2D eigenvalue weighted by Crippen LogP contribution is 2.38. The van der Waals surface area contributed by atoms with Crippen molar-refractivity contribution in [2.45, 2.75) is 11.7 Å². The van der Waals surface area contributed by atoms with Crippen molar-refractivity contribution in [3.63, 3.8) is 0 Å². The minimum Gasteiger partial charge on any atom is -0.497 e. The van der Waals surface area contributed by atoms with Crippen LogP contribution < -0.4 is 4.74 Å². The van der Waals surface area contributed by atoms with Crippen molar-refractivity contribution in [1.29, 1.82) is 0 Å². The van der Waals surface area contributed by atoms with E-state index in [0.717, 1.165) is 33.9 Å². The number of nitrogens with zero attached hydrogens (tertiary/aromatic N) is 1. The maximum Gasteiger partial charge on any atom is 0.289 e. The zero-order valence-corrected chi connectivity index (χ0v) is 16.6. The summed E-state index contributed by atoms with van der Waals surface area (Å²) in [6.07, 6.45) is 0.869. The third kappa shape index (κ3) is 3.80. The van der Waals surface area contributed by atoms with Gasteiger partial charge in [-0.15, -0.1) is 0 Å². The second-order valence-electron chi connectivity index (χ2n) is 6.48. The molecule has 3 aromatic rings. The highest BCUT2D eigenvalue weighted by molar-refractivity contribution is 7.99. The molecule has 0 radical (unpaired) electrons. The molecule has 140 valence electrons. The summed E-state index contributed by atoms with van der Waals surface area (Å²) in [6.45, 7) is 1.38. The van der Waals surface area contributed by atoms with Crippen molar-refractivity contribution in [1.82, 2.24) is 4.90 Å². The third-order valence-electron chi connectivity index (χ3n) is 4.82. The second kappa shape index (κ2) is 7.87. The molecule has 1 amide bonds. The Morgan fingerprint density at radius 2 is 2.07 bits per heavy atom. The van der Waals surface area contributed by atoms with E-state index >= 15 is 0 Å². The molecule has 1 aliphatic rings. The van der Waals surface area contributed by atoms with E-state index in [2.05, 4.69) is 6.07 Å². The lowest BCUT2D eigenvalue weighted by molar-refractivity contribution is 0.0737. The van der Waals surface area contributed by atoms with Gasteiger partial charge in [0.1, 0.15) is 11.3 Å². The molecule has 4 rings (SSSR count). The molecule has 1 aromatic heterocycles. The molecule has 0 N–H and O–H groups in total. The summed E-state index contributed by atoms with van der Waals surface area (Å²) in [4.78, 5) is 14.8. The molecule has 2 heterocycles. The fraction of sp³-hybridized carbons (Fsp3) is 0.286. The number of hydrogen-bond donors (Lipinski definition) is 0. The van der Waals surface area contributed by atoms with Crippen molar-refractivity contribution in [3.8, 4) is 5.75 Å². The molecular formula is C21H20ClNO3S. The number of halogens is 1. The maximum atomic E-state index is 13.0. The number of methoxy groups -OCH3 is 1. The Morgan fingerprint density at radius 3 is 2.89 bits per heavy atom. The fourth-order valence-electron chi connectivity index (χ4n) is 3.37. The summed E-state index contributed by atoms with van der Waals surface area (Å²) in [5, 5.41) is 1.97. The van der Waals surface area contributed by atoms with Crippen molar-refractivity contribution < 1.29 is 13.9 Å². The molecule has 1 aliphatic heterocycles. The molecule has 0 bridgehead atoms. The average molecular weight is 402 g/mol. The first-order chi connectivity index (χ1) is 13.2. The van der Waals surface area contributed by atoms with Crippen LogP contribution in [0.2, 0.25) is 5.02 Å². The van der Waals surface area contributed by atoms with Crippen molar-refractivity contribution in [2.75, 3.05) is 26.0 Å². The van der Waals surface area contributed by atoms with Crippen molar-refractivity contribution >= 4 is 40.2 Å². The van der Waals surface area contributed by atoms with Gasteiger partial charge in [-0.25, -0.2) is 0 Å². The Kier molecular flexibility index (Phi) is 5.32. The summed E-state index contributed by atoms with van der Waals surface area (Å²) in [7, 11) is 1.62. The normalized spacial score (nSPS) is 17.7. The predicted octanol–water partition coefficient (Wildman–Crippen LogP) is 5.42. The van der Waals surface area contributed by atoms with Gasteiger partial charge in [0.15, 0.2) is 5.76 Å². The minimum atomic E-state index is -0.0643. The summed E-state index contributed by atoms with van der Waals surface area (Å²) >= 11 is 8.21. The first-order valence-electron chi connectivity index (χ1n) is 8.88. The Labute approximate surface area is 167 Å². The first kappa shape index (κ1) is 18.3. The summed E-state index contributed by atoms with van der Waals surface area (Å²) in [5.74, 6) is 1.93. The average Bonchev–Trinajstić information content (AvgIpc) is 2.96. The minimum absolute atomic E-state index is 0.0643. The van der Waals surface area contributed by atoms with Gasteiger partial charge >= 0.3 is 0 Å². The number of furan rings is 1. The van der Waals surface area contributed by atoms with Crippen LogP contribution in [0.5, 0.6) is 5.75 Å². The van der Waals surface area contributed by atoms with E-state index in [0.29, 0.717) is 29.7 Å². The monoisotopic (exact) mass is 401 g/mol. The van der Waals surface area contributed by atoms with Gasteiger partial charge in [-0.3, -0.25) is 4.79 Å². The number of rotatable bonds is 3. The quantitative estimate of drug-likeness (QED) is 0.588. The van der Waals surface area contributed by atoms with Crippen LogP contribution in [-0.2, 0) is 0 Å². The molecule has 0 spiro atoms. The van der Waals surface area contributed by atoms with Gasteiger partial charge in [-0.05, 0) is 42.3 Å². The van der Waals surface area contributed by atoms with Gasteiger partial charge in [-0.2, -0.15) is 11.8 Å². The summed E-state index contributed by atoms with van der Waals surface area (Å²) in [6, 6.07) is 15.3. The molecule has 6 heteroatoms. The topological polar surface area (TPSA) is 42.7 Å². The molecule has 1 fully saturated rings. The number of hydrogen-bond acceptors (Lipinski definition) is 4. The van der Waals surface area contributed by atoms with E-state index < -0.39 is 0 Å². The van der Waals surface area contributed by atoms with Gasteiger partial charge in [-0.1, -0.05) is 29.8 Å². The van der Waals surface area contributed by atoms with Crippen LogP contribution in [0, 0.1) is 0 Å². The lowest BCUT2D eigenvalue weighted by atomic mass is 10.1. The van der Waals surface area contributed by atoms with Gasteiger partial charge in [0.05, 0.1) is 7.11 Å². The molecule has 2 aromatic carbocycles. The SMILES string of the molecule is COc1ccc2oc(C(=O)N3CCSC(c4ccccc4Cl)CC3)cc2c1. The highest BCUT2D eigenvalue weighted by atomic mass is 35.5. The summed E-state index contributed by atoms with van der Waals surface area (Å²) in [5.41, 5.74) is 1.84. The van der Waals surface area contributed by atoms with Crippen LogP contribution in [0.3, 0.4) is 0 Å². The zero-order valence-electron chi connectivity index (χ0n) is 15.0. The van der Waals surface area contributed by atoms with Crippen LogP contribution in [0.4, 0.5) is 0 Å². The number of benzene rings is 2. The van der Waals surface area contributed by atoms with Gasteiger partial charge in [0.25, 0.3) is 5.91 Å². The van der Waals surface area contributed by atoms with Gasteiger partial charge < -0.3 is 14.1 Å². The number of ether oxygens (including phenoxy) is 1. The fourth-order valence-corrected chi connectivity index (χ4v) is 4.97. The highest BCUT2D eigenvalue weighted by Gasteiger charge is 2.25. The lowest BCUT2D eigenvalue weighted by Crippen LogP contribution is -2.32. The predicted molar refractivity (Wildman–Crippen MR) is 110 cm³/mol. The van der Waals surface area contributed by atoms with E-state index in [1.54, 1.807) is 13.2 Å². The number of carbonyl (C=O) groups is 1. The van der Waals surface area contributed by atoms with Crippen LogP contribution >= 0.6 is 23.4 Å². The van der Waals surface area contributed by atoms with E-state index in [4.69, 9.17) is 20.8 Å². The van der Waals surface area contributed by atoms with E-state index in [9.17, 15) is 4.79 Å². The van der Waals surface area contributed by atoms with Crippen molar-refractivity contribution in [2.24, 2.45) is 0 Å². The van der Waals surface area contributed by atoms with Crippen LogP contribution in [0.1, 0.15) is 27.8 Å². The standard InChI is InChI=1S/C21H20ClNO3S/c1-25-15-6-7-18-14(12-15)13-19(26-18)21(24)23-9-8-20(27-11-10-23)16-4-2-3-5-17(16)22/h2-7,12-13,20H,8-11H2,1H3. The number of carbonyl (C=O) groups excluding carboxylic acids is 1. The van der Waals surface area contributed by atoms with E-state index in [1.807, 2.05) is 53.1 Å². The Morgan fingerprint density at radius 1 is 1.22 bits per heavy atom. The lowest BCUT2D eigenvalue weighted by Gasteiger charge is -2.19. The summed E-state index contributed by atoms with van der Waals surface area (Å²) < 4.78 is 11.0. The molecular weight excluding hydrogens is 382 g/mol. The molecule has 4 nitrogen and oxygen atoms in total. The number of fused-ring (bicyclic) bond motifs is 1. The zero-order chi connectivity index (χ0) is 18.8. The molecule has 1 unspecified atom stereocenters. The number of amides is 1. The van der Waals surface area contributed by atoms with Crippen LogP contribution in [0.25, 0.3) is 11.0 Å². The van der Waals surface area contributed by atoms with E-state index in [-0.39, 0.29) is 5.91 Å². The number of thioether (sulfide) groups is 1. The van der Waals surface area contributed by atoms with Gasteiger partial charge in [0, 0.05) is 34.5 Å². The smallest absolute Gasteiger partial charge is 0.289 e. The Hall–Kier alpha value is -2.11. The molecule has 1 saturated heterocycles. The second-order valence-corrected chi connectivity index (χ2v) is 8.19. The maximum absolute atomic E-state index is 13.0.